The minimum Gasteiger partial charge on any atom is -0.368 e. The highest BCUT2D eigenvalue weighted by molar-refractivity contribution is 5.41. The lowest BCUT2D eigenvalue weighted by molar-refractivity contribution is 0.690. The number of hydrogen-bond acceptors (Lipinski definition) is 3. The molecule has 3 heteroatoms. The number of aromatic nitrogens is 1. The molecule has 1 aromatic heterocycles. The van der Waals surface area contributed by atoms with Gasteiger partial charge in [0.15, 0.2) is 0 Å². The molecule has 0 aliphatic carbocycles. The molecular formula is C12H21N3. The van der Waals surface area contributed by atoms with Gasteiger partial charge < -0.3 is 11.1 Å². The van der Waals surface area contributed by atoms with E-state index in [0.717, 1.165) is 17.8 Å². The summed E-state index contributed by atoms with van der Waals surface area (Å²) in [5.41, 5.74) is 8.34. The molecule has 0 saturated carbocycles. The van der Waals surface area contributed by atoms with Crippen LogP contribution >= 0.6 is 0 Å². The average molecular weight is 207 g/mol. The summed E-state index contributed by atoms with van der Waals surface area (Å²) >= 11 is 0. The molecular weight excluding hydrogens is 186 g/mol. The Bertz CT molecular complexity index is 321. The number of anilines is 1. The predicted octanol–water partition coefficient (Wildman–Crippen LogP) is 2.62. The summed E-state index contributed by atoms with van der Waals surface area (Å²) < 4.78 is 0. The molecule has 1 atom stereocenters. The molecule has 0 aliphatic rings. The minimum atomic E-state index is 0.102. The van der Waals surface area contributed by atoms with Crippen molar-refractivity contribution in [2.75, 3.05) is 5.32 Å². The van der Waals surface area contributed by atoms with Crippen LogP contribution in [0.15, 0.2) is 12.3 Å². The quantitative estimate of drug-likeness (QED) is 0.798. The Morgan fingerprint density at radius 1 is 1.47 bits per heavy atom. The molecule has 15 heavy (non-hydrogen) atoms. The van der Waals surface area contributed by atoms with Crippen LogP contribution in [-0.4, -0.2) is 11.0 Å². The van der Waals surface area contributed by atoms with Crippen molar-refractivity contribution < 1.29 is 0 Å². The van der Waals surface area contributed by atoms with E-state index < -0.39 is 0 Å². The number of rotatable bonds is 4. The summed E-state index contributed by atoms with van der Waals surface area (Å²) in [4.78, 5) is 4.36. The van der Waals surface area contributed by atoms with E-state index in [-0.39, 0.29) is 6.04 Å². The van der Waals surface area contributed by atoms with E-state index in [9.17, 15) is 0 Å². The van der Waals surface area contributed by atoms with E-state index in [1.165, 1.54) is 5.56 Å². The first-order chi connectivity index (χ1) is 7.04. The zero-order valence-corrected chi connectivity index (χ0v) is 10.0. The lowest BCUT2D eigenvalue weighted by atomic mass is 10.0. The summed E-state index contributed by atoms with van der Waals surface area (Å²) in [6, 6.07) is 2.57. The van der Waals surface area contributed by atoms with Crippen molar-refractivity contribution in [2.45, 2.75) is 46.2 Å². The van der Waals surface area contributed by atoms with Gasteiger partial charge in [0.25, 0.3) is 0 Å². The third-order valence-electron chi connectivity index (χ3n) is 2.43. The highest BCUT2D eigenvalue weighted by atomic mass is 15.0. The molecule has 3 nitrogen and oxygen atoms in total. The zero-order chi connectivity index (χ0) is 11.4. The number of nitrogens with two attached hydrogens (primary N) is 1. The fourth-order valence-corrected chi connectivity index (χ4v) is 1.55. The van der Waals surface area contributed by atoms with E-state index in [4.69, 9.17) is 5.73 Å². The molecule has 84 valence electrons. The second kappa shape index (κ2) is 5.12. The smallest absolute Gasteiger partial charge is 0.126 e. The number of hydrogen-bond donors (Lipinski definition) is 2. The second-order valence-corrected chi connectivity index (χ2v) is 4.24. The summed E-state index contributed by atoms with van der Waals surface area (Å²) in [6.45, 7) is 8.37. The largest absolute Gasteiger partial charge is 0.368 e. The molecule has 0 bridgehead atoms. The fourth-order valence-electron chi connectivity index (χ4n) is 1.55. The first-order valence-corrected chi connectivity index (χ1v) is 5.53. The highest BCUT2D eigenvalue weighted by Crippen LogP contribution is 2.19. The molecule has 0 fully saturated rings. The van der Waals surface area contributed by atoms with Crippen molar-refractivity contribution in [1.29, 1.82) is 0 Å². The van der Waals surface area contributed by atoms with Crippen LogP contribution in [-0.2, 0) is 0 Å². The van der Waals surface area contributed by atoms with Crippen LogP contribution < -0.4 is 11.1 Å². The van der Waals surface area contributed by atoms with Crippen LogP contribution in [0.25, 0.3) is 0 Å². The monoisotopic (exact) mass is 207 g/mol. The molecule has 3 N–H and O–H groups in total. The third kappa shape index (κ3) is 3.20. The lowest BCUT2D eigenvalue weighted by Crippen LogP contribution is -2.14. The Morgan fingerprint density at radius 3 is 2.60 bits per heavy atom. The molecule has 0 radical (unpaired) electrons. The molecule has 0 unspecified atom stereocenters. The van der Waals surface area contributed by atoms with E-state index in [0.29, 0.717) is 6.04 Å². The number of aryl methyl sites for hydroxylation is 1. The van der Waals surface area contributed by atoms with Crippen LogP contribution in [0.5, 0.6) is 0 Å². The molecule has 1 rings (SSSR count). The molecule has 1 heterocycles. The van der Waals surface area contributed by atoms with Gasteiger partial charge in [-0.25, -0.2) is 4.98 Å². The minimum absolute atomic E-state index is 0.102. The van der Waals surface area contributed by atoms with Crippen LogP contribution in [0.1, 0.15) is 44.4 Å². The number of pyridine rings is 1. The standard InChI is InChI=1S/C12H21N3/c1-5-11(13)10-7-14-12(6-9(10)4)15-8(2)3/h6-8,11H,5,13H2,1-4H3,(H,14,15)/t11-/m0/s1. The van der Waals surface area contributed by atoms with Gasteiger partial charge in [-0.05, 0) is 44.4 Å². The second-order valence-electron chi connectivity index (χ2n) is 4.24. The van der Waals surface area contributed by atoms with Gasteiger partial charge in [-0.3, -0.25) is 0 Å². The topological polar surface area (TPSA) is 50.9 Å². The Hall–Kier alpha value is -1.09. The van der Waals surface area contributed by atoms with Gasteiger partial charge in [0.05, 0.1) is 0 Å². The number of nitrogens with zero attached hydrogens (tertiary/aromatic N) is 1. The molecule has 0 saturated heterocycles. The normalized spacial score (nSPS) is 12.9. The van der Waals surface area contributed by atoms with Gasteiger partial charge >= 0.3 is 0 Å². The number of nitrogens with one attached hydrogen (secondary N) is 1. The maximum absolute atomic E-state index is 5.99. The molecule has 0 amide bonds. The summed E-state index contributed by atoms with van der Waals surface area (Å²) in [7, 11) is 0. The maximum atomic E-state index is 5.99. The van der Waals surface area contributed by atoms with Crippen molar-refractivity contribution in [3.8, 4) is 0 Å². The Morgan fingerprint density at radius 2 is 2.13 bits per heavy atom. The van der Waals surface area contributed by atoms with Crippen molar-refractivity contribution in [2.24, 2.45) is 5.73 Å². The van der Waals surface area contributed by atoms with Crippen LogP contribution in [0.3, 0.4) is 0 Å². The van der Waals surface area contributed by atoms with Gasteiger partial charge in [-0.15, -0.1) is 0 Å². The lowest BCUT2D eigenvalue weighted by Gasteiger charge is -2.15. The Balaban J connectivity index is 2.88. The molecule has 0 aliphatic heterocycles. The van der Waals surface area contributed by atoms with Crippen molar-refractivity contribution in [3.63, 3.8) is 0 Å². The van der Waals surface area contributed by atoms with E-state index >= 15 is 0 Å². The van der Waals surface area contributed by atoms with Crippen molar-refractivity contribution in [1.82, 2.24) is 4.98 Å². The SMILES string of the molecule is CC[C@H](N)c1cnc(NC(C)C)cc1C. The predicted molar refractivity (Wildman–Crippen MR) is 65.0 cm³/mol. The van der Waals surface area contributed by atoms with E-state index in [1.807, 2.05) is 6.20 Å². The van der Waals surface area contributed by atoms with Crippen LogP contribution in [0.4, 0.5) is 5.82 Å². The maximum Gasteiger partial charge on any atom is 0.126 e. The highest BCUT2D eigenvalue weighted by Gasteiger charge is 2.08. The summed E-state index contributed by atoms with van der Waals surface area (Å²) in [5, 5.41) is 3.28. The molecule has 1 aromatic rings. The zero-order valence-electron chi connectivity index (χ0n) is 10.0. The van der Waals surface area contributed by atoms with E-state index in [1.54, 1.807) is 0 Å². The van der Waals surface area contributed by atoms with E-state index in [2.05, 4.69) is 44.1 Å². The van der Waals surface area contributed by atoms with Crippen LogP contribution in [0, 0.1) is 6.92 Å². The average Bonchev–Trinajstić information content (AvgIpc) is 2.16. The third-order valence-corrected chi connectivity index (χ3v) is 2.43. The first kappa shape index (κ1) is 12.0. The van der Waals surface area contributed by atoms with Crippen molar-refractivity contribution >= 4 is 5.82 Å². The summed E-state index contributed by atoms with van der Waals surface area (Å²) in [6.07, 6.45) is 2.83. The van der Waals surface area contributed by atoms with Crippen molar-refractivity contribution in [3.05, 3.63) is 23.4 Å². The first-order valence-electron chi connectivity index (χ1n) is 5.53. The van der Waals surface area contributed by atoms with Gasteiger partial charge in [-0.2, -0.15) is 0 Å². The Labute approximate surface area is 92.1 Å². The van der Waals surface area contributed by atoms with Gasteiger partial charge in [0.2, 0.25) is 0 Å². The fraction of sp³-hybridized carbons (Fsp3) is 0.583. The Kier molecular flexibility index (Phi) is 4.09. The van der Waals surface area contributed by atoms with Gasteiger partial charge in [0.1, 0.15) is 5.82 Å². The summed E-state index contributed by atoms with van der Waals surface area (Å²) in [5.74, 6) is 0.926. The molecule has 0 spiro atoms. The van der Waals surface area contributed by atoms with Gasteiger partial charge in [-0.1, -0.05) is 6.92 Å². The van der Waals surface area contributed by atoms with Gasteiger partial charge in [0, 0.05) is 18.3 Å². The molecule has 0 aromatic carbocycles. The van der Waals surface area contributed by atoms with Crippen LogP contribution in [0.2, 0.25) is 0 Å².